The minimum absolute atomic E-state index is 0.385. The number of guanidine groups is 1. The summed E-state index contributed by atoms with van der Waals surface area (Å²) >= 11 is 0. The molecule has 1 heterocycles. The molecular weight excluding hydrogens is 258 g/mol. The van der Waals surface area contributed by atoms with Gasteiger partial charge in [0.2, 0.25) is 0 Å². The number of benzene rings is 1. The summed E-state index contributed by atoms with van der Waals surface area (Å²) in [7, 11) is 1.67. The summed E-state index contributed by atoms with van der Waals surface area (Å²) in [4.78, 5) is 4.22. The fourth-order valence-corrected chi connectivity index (χ4v) is 1.84. The van der Waals surface area contributed by atoms with Crippen LogP contribution in [0, 0.1) is 0 Å². The molecule has 0 atom stereocenters. The minimum atomic E-state index is 0.385. The smallest absolute Gasteiger partial charge is 0.193 e. The van der Waals surface area contributed by atoms with Gasteiger partial charge in [-0.1, -0.05) is 0 Å². The molecule has 6 heteroatoms. The summed E-state index contributed by atoms with van der Waals surface area (Å²) in [5.74, 6) is 1.89. The molecule has 0 radical (unpaired) electrons. The van der Waals surface area contributed by atoms with Crippen molar-refractivity contribution in [2.24, 2.45) is 10.7 Å². The second-order valence-electron chi connectivity index (χ2n) is 4.45. The van der Waals surface area contributed by atoms with Crippen LogP contribution in [0.5, 0.6) is 11.5 Å². The van der Waals surface area contributed by atoms with Crippen molar-refractivity contribution in [2.45, 2.75) is 12.8 Å². The lowest BCUT2D eigenvalue weighted by atomic mass is 10.3. The molecule has 0 amide bonds. The number of anilines is 1. The van der Waals surface area contributed by atoms with Crippen molar-refractivity contribution < 1.29 is 14.2 Å². The molecule has 20 heavy (non-hydrogen) atoms. The van der Waals surface area contributed by atoms with Crippen LogP contribution >= 0.6 is 0 Å². The zero-order chi connectivity index (χ0) is 14.2. The highest BCUT2D eigenvalue weighted by Gasteiger charge is 2.10. The van der Waals surface area contributed by atoms with Crippen molar-refractivity contribution in [1.82, 2.24) is 0 Å². The minimum Gasteiger partial charge on any atom is -0.490 e. The molecule has 6 nitrogen and oxygen atoms in total. The summed E-state index contributed by atoms with van der Waals surface area (Å²) in [6, 6.07) is 5.64. The number of ether oxygens (including phenoxy) is 3. The van der Waals surface area contributed by atoms with E-state index < -0.39 is 0 Å². The van der Waals surface area contributed by atoms with Crippen LogP contribution in [0.25, 0.3) is 0 Å². The molecule has 0 aliphatic carbocycles. The number of methoxy groups -OCH3 is 1. The lowest BCUT2D eigenvalue weighted by Crippen LogP contribution is -2.23. The van der Waals surface area contributed by atoms with E-state index in [0.29, 0.717) is 32.3 Å². The number of aliphatic imine (C=N–C) groups is 1. The summed E-state index contributed by atoms with van der Waals surface area (Å²) < 4.78 is 16.1. The highest BCUT2D eigenvalue weighted by atomic mass is 16.5. The van der Waals surface area contributed by atoms with Crippen LogP contribution in [0.4, 0.5) is 5.69 Å². The Morgan fingerprint density at radius 2 is 2.15 bits per heavy atom. The first-order valence-electron chi connectivity index (χ1n) is 6.75. The van der Waals surface area contributed by atoms with Crippen LogP contribution in [-0.2, 0) is 4.74 Å². The zero-order valence-electron chi connectivity index (χ0n) is 11.7. The number of fused-ring (bicyclic) bond motifs is 1. The van der Waals surface area contributed by atoms with Crippen LogP contribution in [0.15, 0.2) is 23.2 Å². The van der Waals surface area contributed by atoms with E-state index in [0.717, 1.165) is 30.0 Å². The van der Waals surface area contributed by atoms with Gasteiger partial charge in [0.05, 0.1) is 13.2 Å². The Hall–Kier alpha value is -1.95. The Kier molecular flexibility index (Phi) is 5.49. The Morgan fingerprint density at radius 3 is 2.95 bits per heavy atom. The third-order valence-electron chi connectivity index (χ3n) is 2.81. The van der Waals surface area contributed by atoms with Gasteiger partial charge in [0.15, 0.2) is 17.5 Å². The SMILES string of the molecule is COCCCN=C(N)Nc1ccc2c(c1)OCCCO2. The molecule has 2 rings (SSSR count). The van der Waals surface area contributed by atoms with Crippen molar-refractivity contribution in [3.63, 3.8) is 0 Å². The van der Waals surface area contributed by atoms with Gasteiger partial charge in [-0.05, 0) is 18.6 Å². The van der Waals surface area contributed by atoms with Crippen LogP contribution in [0.1, 0.15) is 12.8 Å². The molecule has 0 fully saturated rings. The van der Waals surface area contributed by atoms with Gasteiger partial charge in [0.1, 0.15) is 0 Å². The van der Waals surface area contributed by atoms with E-state index in [-0.39, 0.29) is 0 Å². The second kappa shape index (κ2) is 7.59. The molecule has 0 unspecified atom stereocenters. The molecule has 0 spiro atoms. The predicted octanol–water partition coefficient (Wildman–Crippen LogP) is 1.61. The predicted molar refractivity (Wildman–Crippen MR) is 78.7 cm³/mol. The summed E-state index contributed by atoms with van der Waals surface area (Å²) in [6.07, 6.45) is 1.74. The highest BCUT2D eigenvalue weighted by Crippen LogP contribution is 2.32. The fourth-order valence-electron chi connectivity index (χ4n) is 1.84. The van der Waals surface area contributed by atoms with E-state index in [1.807, 2.05) is 18.2 Å². The van der Waals surface area contributed by atoms with Crippen LogP contribution < -0.4 is 20.5 Å². The van der Waals surface area contributed by atoms with Crippen molar-refractivity contribution in [3.8, 4) is 11.5 Å². The van der Waals surface area contributed by atoms with Crippen molar-refractivity contribution in [1.29, 1.82) is 0 Å². The van der Waals surface area contributed by atoms with E-state index in [1.165, 1.54) is 0 Å². The van der Waals surface area contributed by atoms with Crippen LogP contribution in [0.3, 0.4) is 0 Å². The van der Waals surface area contributed by atoms with Gasteiger partial charge in [-0.3, -0.25) is 4.99 Å². The maximum absolute atomic E-state index is 5.82. The quantitative estimate of drug-likeness (QED) is 0.486. The number of nitrogens with one attached hydrogen (secondary N) is 1. The van der Waals surface area contributed by atoms with Gasteiger partial charge < -0.3 is 25.3 Å². The number of rotatable bonds is 5. The Morgan fingerprint density at radius 1 is 1.35 bits per heavy atom. The third-order valence-corrected chi connectivity index (χ3v) is 2.81. The third kappa shape index (κ3) is 4.31. The summed E-state index contributed by atoms with van der Waals surface area (Å²) in [6.45, 7) is 2.66. The number of hydrogen-bond donors (Lipinski definition) is 2. The molecule has 110 valence electrons. The first kappa shape index (κ1) is 14.5. The normalized spacial score (nSPS) is 14.8. The number of nitrogens with zero attached hydrogens (tertiary/aromatic N) is 1. The van der Waals surface area contributed by atoms with Gasteiger partial charge in [-0.2, -0.15) is 0 Å². The maximum atomic E-state index is 5.82. The monoisotopic (exact) mass is 279 g/mol. The van der Waals surface area contributed by atoms with Crippen LogP contribution in [-0.4, -0.2) is 39.4 Å². The highest BCUT2D eigenvalue weighted by molar-refractivity contribution is 5.92. The molecule has 0 aromatic heterocycles. The fraction of sp³-hybridized carbons (Fsp3) is 0.500. The zero-order valence-corrected chi connectivity index (χ0v) is 11.7. The summed E-state index contributed by atoms with van der Waals surface area (Å²) in [5, 5.41) is 3.04. The molecule has 0 saturated carbocycles. The topological polar surface area (TPSA) is 78.1 Å². The van der Waals surface area contributed by atoms with E-state index in [9.17, 15) is 0 Å². The molecule has 1 aromatic rings. The molecular formula is C14H21N3O3. The van der Waals surface area contributed by atoms with Gasteiger partial charge >= 0.3 is 0 Å². The molecule has 1 aromatic carbocycles. The largest absolute Gasteiger partial charge is 0.490 e. The maximum Gasteiger partial charge on any atom is 0.193 e. The molecule has 0 saturated heterocycles. The second-order valence-corrected chi connectivity index (χ2v) is 4.45. The summed E-state index contributed by atoms with van der Waals surface area (Å²) in [5.41, 5.74) is 6.66. The van der Waals surface area contributed by atoms with E-state index in [2.05, 4.69) is 10.3 Å². The van der Waals surface area contributed by atoms with E-state index in [1.54, 1.807) is 7.11 Å². The molecule has 3 N–H and O–H groups in total. The molecule has 1 aliphatic rings. The standard InChI is InChI=1S/C14H21N3O3/c1-18-7-2-6-16-14(15)17-11-4-5-12-13(10-11)20-9-3-8-19-12/h4-5,10H,2-3,6-9H2,1H3,(H3,15,16,17). The average molecular weight is 279 g/mol. The first-order chi connectivity index (χ1) is 9.79. The van der Waals surface area contributed by atoms with E-state index >= 15 is 0 Å². The molecule has 0 bridgehead atoms. The Labute approximate surface area is 118 Å². The average Bonchev–Trinajstić information content (AvgIpc) is 2.68. The van der Waals surface area contributed by atoms with Crippen molar-refractivity contribution >= 4 is 11.6 Å². The molecule has 1 aliphatic heterocycles. The van der Waals surface area contributed by atoms with Crippen LogP contribution in [0.2, 0.25) is 0 Å². The van der Waals surface area contributed by atoms with Crippen molar-refractivity contribution in [2.75, 3.05) is 38.8 Å². The number of hydrogen-bond acceptors (Lipinski definition) is 4. The van der Waals surface area contributed by atoms with Gasteiger partial charge in [0.25, 0.3) is 0 Å². The number of nitrogens with two attached hydrogens (primary N) is 1. The lowest BCUT2D eigenvalue weighted by molar-refractivity contribution is 0.197. The Balaban J connectivity index is 1.94. The van der Waals surface area contributed by atoms with E-state index in [4.69, 9.17) is 19.9 Å². The first-order valence-corrected chi connectivity index (χ1v) is 6.75. The van der Waals surface area contributed by atoms with Gasteiger partial charge in [-0.25, -0.2) is 0 Å². The van der Waals surface area contributed by atoms with Gasteiger partial charge in [-0.15, -0.1) is 0 Å². The van der Waals surface area contributed by atoms with Gasteiger partial charge in [0, 0.05) is 38.4 Å². The lowest BCUT2D eigenvalue weighted by Gasteiger charge is -2.10. The Bertz CT molecular complexity index is 463. The van der Waals surface area contributed by atoms with Crippen molar-refractivity contribution in [3.05, 3.63) is 18.2 Å².